The predicted molar refractivity (Wildman–Crippen MR) is 46.7 cm³/mol. The third-order valence-electron chi connectivity index (χ3n) is 2.28. The van der Waals surface area contributed by atoms with Crippen molar-refractivity contribution in [2.75, 3.05) is 0 Å². The third-order valence-corrected chi connectivity index (χ3v) is 2.61. The summed E-state index contributed by atoms with van der Waals surface area (Å²) in [5.74, 6) is -1.68. The Morgan fingerprint density at radius 3 is 2.38 bits per heavy atom. The van der Waals surface area contributed by atoms with E-state index in [-0.39, 0.29) is 17.0 Å². The quantitative estimate of drug-likeness (QED) is 0.697. The summed E-state index contributed by atoms with van der Waals surface area (Å²) < 4.78 is 25.4. The Morgan fingerprint density at radius 2 is 1.85 bits per heavy atom. The summed E-state index contributed by atoms with van der Waals surface area (Å²) in [6, 6.07) is 2.18. The van der Waals surface area contributed by atoms with E-state index in [1.807, 2.05) is 0 Å². The van der Waals surface area contributed by atoms with Crippen LogP contribution < -0.4 is 5.73 Å². The van der Waals surface area contributed by atoms with E-state index in [1.54, 1.807) is 0 Å². The van der Waals surface area contributed by atoms with E-state index in [0.29, 0.717) is 5.56 Å². The Morgan fingerprint density at radius 1 is 1.31 bits per heavy atom. The molecule has 1 aliphatic carbocycles. The molecule has 13 heavy (non-hydrogen) atoms. The number of nitrogens with two attached hydrogens (primary N) is 1. The van der Waals surface area contributed by atoms with Gasteiger partial charge in [-0.2, -0.15) is 0 Å². The number of halogens is 3. The van der Waals surface area contributed by atoms with Gasteiger partial charge < -0.3 is 5.73 Å². The maximum absolute atomic E-state index is 12.8. The molecule has 0 aromatic heterocycles. The summed E-state index contributed by atoms with van der Waals surface area (Å²) in [6.07, 6.45) is 0.796. The van der Waals surface area contributed by atoms with Gasteiger partial charge in [-0.15, -0.1) is 0 Å². The summed E-state index contributed by atoms with van der Waals surface area (Å²) >= 11 is 5.74. The Balaban J connectivity index is 2.41. The Kier molecular flexibility index (Phi) is 2.00. The molecule has 70 valence electrons. The molecular formula is C9H8ClF2N. The lowest BCUT2D eigenvalue weighted by Gasteiger charge is -2.03. The SMILES string of the molecule is NC1CC1c1cc(F)c(F)cc1Cl. The molecule has 2 N–H and O–H groups in total. The van der Waals surface area contributed by atoms with Crippen LogP contribution in [0.3, 0.4) is 0 Å². The highest BCUT2D eigenvalue weighted by molar-refractivity contribution is 6.31. The minimum Gasteiger partial charge on any atom is -0.327 e. The molecular weight excluding hydrogens is 196 g/mol. The van der Waals surface area contributed by atoms with Gasteiger partial charge in [-0.25, -0.2) is 8.78 Å². The number of hydrogen-bond acceptors (Lipinski definition) is 1. The van der Waals surface area contributed by atoms with Gasteiger partial charge in [0.05, 0.1) is 0 Å². The molecule has 1 aromatic carbocycles. The topological polar surface area (TPSA) is 26.0 Å². The summed E-state index contributed by atoms with van der Waals surface area (Å²) in [4.78, 5) is 0. The van der Waals surface area contributed by atoms with Gasteiger partial charge in [-0.05, 0) is 24.1 Å². The highest BCUT2D eigenvalue weighted by Gasteiger charge is 2.36. The van der Waals surface area contributed by atoms with E-state index >= 15 is 0 Å². The van der Waals surface area contributed by atoms with Crippen LogP contribution in [-0.2, 0) is 0 Å². The molecule has 2 atom stereocenters. The monoisotopic (exact) mass is 203 g/mol. The van der Waals surface area contributed by atoms with Crippen LogP contribution in [0.2, 0.25) is 5.02 Å². The molecule has 0 radical (unpaired) electrons. The molecule has 2 unspecified atom stereocenters. The fourth-order valence-corrected chi connectivity index (χ4v) is 1.68. The minimum absolute atomic E-state index is 0.0439. The molecule has 0 amide bonds. The molecule has 0 bridgehead atoms. The molecule has 1 fully saturated rings. The second-order valence-electron chi connectivity index (χ2n) is 3.29. The average molecular weight is 204 g/mol. The zero-order valence-electron chi connectivity index (χ0n) is 6.73. The second-order valence-corrected chi connectivity index (χ2v) is 3.70. The van der Waals surface area contributed by atoms with E-state index < -0.39 is 11.6 Å². The lowest BCUT2D eigenvalue weighted by Crippen LogP contribution is -2.02. The Labute approximate surface area is 79.5 Å². The minimum atomic E-state index is -0.914. The van der Waals surface area contributed by atoms with Gasteiger partial charge in [0.25, 0.3) is 0 Å². The van der Waals surface area contributed by atoms with Gasteiger partial charge in [0.1, 0.15) is 0 Å². The van der Waals surface area contributed by atoms with Crippen LogP contribution >= 0.6 is 11.6 Å². The van der Waals surface area contributed by atoms with Crippen molar-refractivity contribution in [3.8, 4) is 0 Å². The molecule has 2 rings (SSSR count). The lowest BCUT2D eigenvalue weighted by molar-refractivity contribution is 0.507. The van der Waals surface area contributed by atoms with Crippen molar-refractivity contribution in [2.45, 2.75) is 18.4 Å². The van der Waals surface area contributed by atoms with Crippen molar-refractivity contribution >= 4 is 11.6 Å². The first kappa shape index (κ1) is 8.91. The van der Waals surface area contributed by atoms with Crippen LogP contribution in [0.25, 0.3) is 0 Å². The Bertz CT molecular complexity index is 354. The van der Waals surface area contributed by atoms with Crippen LogP contribution in [0.5, 0.6) is 0 Å². The average Bonchev–Trinajstić information content (AvgIpc) is 2.75. The first-order valence-electron chi connectivity index (χ1n) is 3.99. The molecule has 0 aliphatic heterocycles. The highest BCUT2D eigenvalue weighted by Crippen LogP contribution is 2.42. The van der Waals surface area contributed by atoms with Gasteiger partial charge in [0.15, 0.2) is 11.6 Å². The second kappa shape index (κ2) is 2.93. The summed E-state index contributed by atoms with van der Waals surface area (Å²) in [5, 5.41) is 0.261. The first-order chi connectivity index (χ1) is 6.09. The molecule has 0 heterocycles. The maximum atomic E-state index is 12.8. The van der Waals surface area contributed by atoms with Crippen molar-refractivity contribution in [1.29, 1.82) is 0 Å². The van der Waals surface area contributed by atoms with Crippen molar-refractivity contribution in [2.24, 2.45) is 5.73 Å². The smallest absolute Gasteiger partial charge is 0.160 e. The molecule has 0 spiro atoms. The van der Waals surface area contributed by atoms with Gasteiger partial charge in [-0.3, -0.25) is 0 Å². The van der Waals surface area contributed by atoms with Gasteiger partial charge >= 0.3 is 0 Å². The standard InChI is InChI=1S/C9H8ClF2N/c10-6-3-8(12)7(11)1-4(6)5-2-9(5)13/h1,3,5,9H,2,13H2. The number of hydrogen-bond donors (Lipinski definition) is 1. The first-order valence-corrected chi connectivity index (χ1v) is 4.37. The van der Waals surface area contributed by atoms with Crippen molar-refractivity contribution in [3.63, 3.8) is 0 Å². The zero-order chi connectivity index (χ0) is 9.59. The third kappa shape index (κ3) is 1.54. The normalized spacial score (nSPS) is 26.2. The fourth-order valence-electron chi connectivity index (χ4n) is 1.39. The van der Waals surface area contributed by atoms with Crippen LogP contribution in [0.1, 0.15) is 17.9 Å². The molecule has 1 aromatic rings. The summed E-state index contributed by atoms with van der Waals surface area (Å²) in [5.41, 5.74) is 6.20. The maximum Gasteiger partial charge on any atom is 0.160 e. The highest BCUT2D eigenvalue weighted by atomic mass is 35.5. The number of benzene rings is 1. The van der Waals surface area contributed by atoms with Crippen molar-refractivity contribution in [3.05, 3.63) is 34.4 Å². The largest absolute Gasteiger partial charge is 0.327 e. The molecule has 4 heteroatoms. The predicted octanol–water partition coefficient (Wildman–Crippen LogP) is 2.43. The van der Waals surface area contributed by atoms with Crippen LogP contribution in [0, 0.1) is 11.6 Å². The van der Waals surface area contributed by atoms with E-state index in [1.165, 1.54) is 0 Å². The van der Waals surface area contributed by atoms with Crippen LogP contribution in [0.4, 0.5) is 8.78 Å². The molecule has 0 saturated heterocycles. The molecule has 1 saturated carbocycles. The van der Waals surface area contributed by atoms with Crippen molar-refractivity contribution < 1.29 is 8.78 Å². The fraction of sp³-hybridized carbons (Fsp3) is 0.333. The van der Waals surface area contributed by atoms with E-state index in [0.717, 1.165) is 18.6 Å². The number of rotatable bonds is 1. The van der Waals surface area contributed by atoms with Gasteiger partial charge in [0, 0.05) is 17.0 Å². The van der Waals surface area contributed by atoms with Gasteiger partial charge in [0.2, 0.25) is 0 Å². The summed E-state index contributed by atoms with van der Waals surface area (Å²) in [7, 11) is 0. The zero-order valence-corrected chi connectivity index (χ0v) is 7.48. The van der Waals surface area contributed by atoms with Crippen LogP contribution in [0.15, 0.2) is 12.1 Å². The lowest BCUT2D eigenvalue weighted by atomic mass is 10.1. The van der Waals surface area contributed by atoms with Gasteiger partial charge in [-0.1, -0.05) is 11.6 Å². The van der Waals surface area contributed by atoms with Crippen LogP contribution in [-0.4, -0.2) is 6.04 Å². The molecule has 1 aliphatic rings. The Hall–Kier alpha value is -0.670. The summed E-state index contributed by atoms with van der Waals surface area (Å²) in [6.45, 7) is 0. The van der Waals surface area contributed by atoms with E-state index in [9.17, 15) is 8.78 Å². The van der Waals surface area contributed by atoms with Crippen molar-refractivity contribution in [1.82, 2.24) is 0 Å². The molecule has 1 nitrogen and oxygen atoms in total. The van der Waals surface area contributed by atoms with E-state index in [2.05, 4.69) is 0 Å². The van der Waals surface area contributed by atoms with E-state index in [4.69, 9.17) is 17.3 Å².